The number of aliphatic carboxylic acids is 1. The number of piperidine rings is 1. The van der Waals surface area contributed by atoms with Crippen LogP contribution in [0.2, 0.25) is 0 Å². The molecule has 1 aromatic rings. The maximum Gasteiger partial charge on any atom is 0.407 e. The van der Waals surface area contributed by atoms with Gasteiger partial charge in [-0.05, 0) is 49.6 Å². The maximum atomic E-state index is 13.2. The Morgan fingerprint density at radius 1 is 1.46 bits per heavy atom. The molecule has 0 saturated carbocycles. The predicted octanol–water partition coefficient (Wildman–Crippen LogP) is 2.52. The number of hydrogen-bond acceptors (Lipinski definition) is 4. The van der Waals surface area contributed by atoms with Crippen LogP contribution >= 0.6 is 0 Å². The molecule has 0 spiro atoms. The summed E-state index contributed by atoms with van der Waals surface area (Å²) in [5.74, 6) is -1.15. The van der Waals surface area contributed by atoms with E-state index < -0.39 is 12.1 Å². The number of carbonyl (C=O) groups excluding carboxylic acids is 1. The van der Waals surface area contributed by atoms with Gasteiger partial charge in [0.05, 0.1) is 0 Å². The lowest BCUT2D eigenvalue weighted by Crippen LogP contribution is -2.39. The summed E-state index contributed by atoms with van der Waals surface area (Å²) in [7, 11) is 0. The van der Waals surface area contributed by atoms with Crippen LogP contribution < -0.4 is 10.6 Å². The van der Waals surface area contributed by atoms with Crippen molar-refractivity contribution in [1.82, 2.24) is 10.6 Å². The molecule has 132 valence electrons. The summed E-state index contributed by atoms with van der Waals surface area (Å²) in [6, 6.07) is 4.71. The van der Waals surface area contributed by atoms with Crippen LogP contribution in [-0.4, -0.2) is 36.4 Å². The van der Waals surface area contributed by atoms with Crippen molar-refractivity contribution in [2.24, 2.45) is 0 Å². The molecule has 1 heterocycles. The SMILES string of the molecule is Cc1cc(F)ccc1[C@H]1C[C@@H](OC(=O)NCCCC(=O)O)CCN1. The molecule has 3 N–H and O–H groups in total. The monoisotopic (exact) mass is 338 g/mol. The Morgan fingerprint density at radius 2 is 2.25 bits per heavy atom. The summed E-state index contributed by atoms with van der Waals surface area (Å²) < 4.78 is 18.6. The van der Waals surface area contributed by atoms with Crippen LogP contribution in [0.15, 0.2) is 18.2 Å². The molecule has 0 radical (unpaired) electrons. The number of amides is 1. The Labute approximate surface area is 140 Å². The highest BCUT2D eigenvalue weighted by Gasteiger charge is 2.26. The molecule has 0 aromatic heterocycles. The Kier molecular flexibility index (Phi) is 6.54. The molecule has 1 saturated heterocycles. The van der Waals surface area contributed by atoms with Gasteiger partial charge < -0.3 is 20.5 Å². The molecular weight excluding hydrogens is 315 g/mol. The lowest BCUT2D eigenvalue weighted by atomic mass is 9.92. The number of carboxylic acid groups (broad SMARTS) is 1. The summed E-state index contributed by atoms with van der Waals surface area (Å²) in [6.45, 7) is 2.84. The van der Waals surface area contributed by atoms with E-state index in [1.807, 2.05) is 6.92 Å². The van der Waals surface area contributed by atoms with Crippen LogP contribution in [0.25, 0.3) is 0 Å². The average molecular weight is 338 g/mol. The van der Waals surface area contributed by atoms with Crippen molar-refractivity contribution in [1.29, 1.82) is 0 Å². The lowest BCUT2D eigenvalue weighted by molar-refractivity contribution is -0.137. The van der Waals surface area contributed by atoms with Gasteiger partial charge in [0.1, 0.15) is 11.9 Å². The molecule has 1 aliphatic rings. The van der Waals surface area contributed by atoms with Gasteiger partial charge in [-0.3, -0.25) is 4.79 Å². The second-order valence-corrected chi connectivity index (χ2v) is 5.98. The molecule has 2 rings (SSSR count). The van der Waals surface area contributed by atoms with E-state index >= 15 is 0 Å². The van der Waals surface area contributed by atoms with E-state index in [4.69, 9.17) is 9.84 Å². The average Bonchev–Trinajstić information content (AvgIpc) is 2.51. The fourth-order valence-corrected chi connectivity index (χ4v) is 2.88. The van der Waals surface area contributed by atoms with Crippen LogP contribution in [0, 0.1) is 12.7 Å². The number of halogens is 1. The number of nitrogens with one attached hydrogen (secondary N) is 2. The standard InChI is InChI=1S/C17H23FN2O4/c1-11-9-12(18)4-5-14(11)15-10-13(6-8-19-15)24-17(23)20-7-2-3-16(21)22/h4-5,9,13,15,19H,2-3,6-8,10H2,1H3,(H,20,23)(H,21,22)/t13-,15+/m0/s1. The molecule has 0 unspecified atom stereocenters. The number of aryl methyl sites for hydroxylation is 1. The minimum absolute atomic E-state index is 0.0134. The smallest absolute Gasteiger partial charge is 0.407 e. The minimum atomic E-state index is -0.888. The fraction of sp³-hybridized carbons (Fsp3) is 0.529. The number of rotatable bonds is 6. The van der Waals surface area contributed by atoms with E-state index in [2.05, 4.69) is 10.6 Å². The van der Waals surface area contributed by atoms with Crippen LogP contribution in [0.4, 0.5) is 9.18 Å². The normalized spacial score (nSPS) is 20.4. The zero-order valence-corrected chi connectivity index (χ0v) is 13.7. The van der Waals surface area contributed by atoms with Crippen molar-refractivity contribution < 1.29 is 23.8 Å². The van der Waals surface area contributed by atoms with E-state index in [0.29, 0.717) is 25.8 Å². The third-order valence-electron chi connectivity index (χ3n) is 4.07. The van der Waals surface area contributed by atoms with Crippen molar-refractivity contribution in [3.63, 3.8) is 0 Å². The predicted molar refractivity (Wildman–Crippen MR) is 86.3 cm³/mol. The first-order chi connectivity index (χ1) is 11.5. The summed E-state index contributed by atoms with van der Waals surface area (Å²) in [4.78, 5) is 22.2. The molecule has 0 aliphatic carbocycles. The number of carboxylic acids is 1. The fourth-order valence-electron chi connectivity index (χ4n) is 2.88. The topological polar surface area (TPSA) is 87.7 Å². The number of carbonyl (C=O) groups is 2. The zero-order valence-electron chi connectivity index (χ0n) is 13.7. The van der Waals surface area contributed by atoms with E-state index in [0.717, 1.165) is 11.1 Å². The summed E-state index contributed by atoms with van der Waals surface area (Å²) in [6.07, 6.45) is 0.962. The highest BCUT2D eigenvalue weighted by Crippen LogP contribution is 2.27. The molecule has 2 atom stereocenters. The Balaban J connectivity index is 1.82. The quantitative estimate of drug-likeness (QED) is 0.694. The molecule has 24 heavy (non-hydrogen) atoms. The first kappa shape index (κ1) is 18.2. The minimum Gasteiger partial charge on any atom is -0.481 e. The van der Waals surface area contributed by atoms with Gasteiger partial charge in [0, 0.05) is 25.4 Å². The van der Waals surface area contributed by atoms with Crippen molar-refractivity contribution in [2.45, 2.75) is 44.8 Å². The second kappa shape index (κ2) is 8.63. The summed E-state index contributed by atoms with van der Waals surface area (Å²) in [5, 5.41) is 14.5. The van der Waals surface area contributed by atoms with E-state index in [1.54, 1.807) is 6.07 Å². The molecule has 1 amide bonds. The first-order valence-electron chi connectivity index (χ1n) is 8.11. The Morgan fingerprint density at radius 3 is 2.96 bits per heavy atom. The van der Waals surface area contributed by atoms with E-state index in [-0.39, 0.29) is 30.9 Å². The Bertz CT molecular complexity index is 594. The van der Waals surface area contributed by atoms with Crippen LogP contribution in [0.5, 0.6) is 0 Å². The number of hydrogen-bond donors (Lipinski definition) is 3. The van der Waals surface area contributed by atoms with E-state index in [1.165, 1.54) is 12.1 Å². The molecule has 7 heteroatoms. The third-order valence-corrected chi connectivity index (χ3v) is 4.07. The molecule has 1 fully saturated rings. The van der Waals surface area contributed by atoms with Crippen molar-refractivity contribution in [2.75, 3.05) is 13.1 Å². The van der Waals surface area contributed by atoms with Gasteiger partial charge in [0.15, 0.2) is 0 Å². The molecule has 1 aliphatic heterocycles. The van der Waals surface area contributed by atoms with Gasteiger partial charge in [-0.1, -0.05) is 6.07 Å². The van der Waals surface area contributed by atoms with E-state index in [9.17, 15) is 14.0 Å². The third kappa shape index (κ3) is 5.49. The molecule has 6 nitrogen and oxygen atoms in total. The number of alkyl carbamates (subject to hydrolysis) is 1. The first-order valence-corrected chi connectivity index (χ1v) is 8.11. The molecular formula is C17H23FN2O4. The van der Waals surface area contributed by atoms with Crippen LogP contribution in [0.1, 0.15) is 42.9 Å². The summed E-state index contributed by atoms with van der Waals surface area (Å²) in [5.41, 5.74) is 1.87. The van der Waals surface area contributed by atoms with Crippen LogP contribution in [-0.2, 0) is 9.53 Å². The highest BCUT2D eigenvalue weighted by atomic mass is 19.1. The second-order valence-electron chi connectivity index (χ2n) is 5.98. The zero-order chi connectivity index (χ0) is 17.5. The molecule has 0 bridgehead atoms. The van der Waals surface area contributed by atoms with Gasteiger partial charge in [-0.15, -0.1) is 0 Å². The van der Waals surface area contributed by atoms with Crippen molar-refractivity contribution in [3.05, 3.63) is 35.1 Å². The Hall–Kier alpha value is -2.15. The van der Waals surface area contributed by atoms with Crippen molar-refractivity contribution in [3.8, 4) is 0 Å². The largest absolute Gasteiger partial charge is 0.481 e. The van der Waals surface area contributed by atoms with Gasteiger partial charge >= 0.3 is 12.1 Å². The lowest BCUT2D eigenvalue weighted by Gasteiger charge is -2.31. The highest BCUT2D eigenvalue weighted by molar-refractivity contribution is 5.68. The summed E-state index contributed by atoms with van der Waals surface area (Å²) >= 11 is 0. The number of benzene rings is 1. The van der Waals surface area contributed by atoms with Gasteiger partial charge in [-0.25, -0.2) is 9.18 Å². The molecule has 1 aromatic carbocycles. The van der Waals surface area contributed by atoms with Gasteiger partial charge in [-0.2, -0.15) is 0 Å². The van der Waals surface area contributed by atoms with Crippen LogP contribution in [0.3, 0.4) is 0 Å². The van der Waals surface area contributed by atoms with Crippen molar-refractivity contribution >= 4 is 12.1 Å². The van der Waals surface area contributed by atoms with Gasteiger partial charge in [0.2, 0.25) is 0 Å². The van der Waals surface area contributed by atoms with Gasteiger partial charge in [0.25, 0.3) is 0 Å². The number of ether oxygens (including phenoxy) is 1. The maximum absolute atomic E-state index is 13.2.